The molecule has 0 aromatic heterocycles. The molecule has 0 spiro atoms. The highest BCUT2D eigenvalue weighted by atomic mass is 35.5. The topological polar surface area (TPSA) is 80.5 Å². The summed E-state index contributed by atoms with van der Waals surface area (Å²) in [4.78, 5) is 4.30. The van der Waals surface area contributed by atoms with E-state index >= 15 is 0 Å². The van der Waals surface area contributed by atoms with Gasteiger partial charge in [0.25, 0.3) is 0 Å². The summed E-state index contributed by atoms with van der Waals surface area (Å²) < 4.78 is 16.2. The fourth-order valence-electron chi connectivity index (χ4n) is 2.57. The second-order valence-electron chi connectivity index (χ2n) is 5.15. The molecule has 6 nitrogen and oxygen atoms in total. The van der Waals surface area contributed by atoms with Gasteiger partial charge in [0, 0.05) is 22.7 Å². The summed E-state index contributed by atoms with van der Waals surface area (Å²) in [5, 5.41) is 21.1. The summed E-state index contributed by atoms with van der Waals surface area (Å²) >= 11 is 11.9. The van der Waals surface area contributed by atoms with Crippen molar-refractivity contribution < 1.29 is 24.4 Å². The second kappa shape index (κ2) is 6.31. The number of halogens is 2. The number of aliphatic hydroxyl groups excluding tert-OH is 2. The van der Waals surface area contributed by atoms with Crippen LogP contribution in [0.2, 0.25) is 10.0 Å². The first-order valence-corrected chi connectivity index (χ1v) is 7.47. The Hall–Kier alpha value is -0.890. The van der Waals surface area contributed by atoms with Crippen molar-refractivity contribution in [3.05, 3.63) is 33.8 Å². The van der Waals surface area contributed by atoms with Crippen molar-refractivity contribution in [2.24, 2.45) is 4.99 Å². The van der Waals surface area contributed by atoms with E-state index in [1.807, 2.05) is 0 Å². The van der Waals surface area contributed by atoms with E-state index in [0.717, 1.165) is 0 Å². The number of nitrogens with zero attached hydrogens (tertiary/aromatic N) is 1. The number of ether oxygens (including phenoxy) is 3. The van der Waals surface area contributed by atoms with Crippen molar-refractivity contribution in [3.8, 4) is 0 Å². The molecular formula is C14H15Cl2NO5. The van der Waals surface area contributed by atoms with Gasteiger partial charge in [0.1, 0.15) is 18.3 Å². The molecule has 0 bridgehead atoms. The van der Waals surface area contributed by atoms with E-state index in [2.05, 4.69) is 4.99 Å². The van der Waals surface area contributed by atoms with Crippen LogP contribution in [0, 0.1) is 0 Å². The van der Waals surface area contributed by atoms with E-state index in [0.29, 0.717) is 21.5 Å². The zero-order valence-electron chi connectivity index (χ0n) is 11.6. The molecule has 1 aromatic carbocycles. The van der Waals surface area contributed by atoms with Crippen LogP contribution >= 0.6 is 23.2 Å². The number of fused-ring (bicyclic) bond motifs is 1. The first-order chi connectivity index (χ1) is 10.5. The second-order valence-corrected chi connectivity index (χ2v) is 6.02. The zero-order chi connectivity index (χ0) is 15.9. The minimum atomic E-state index is -1.20. The van der Waals surface area contributed by atoms with Gasteiger partial charge in [0.05, 0.1) is 6.54 Å². The average Bonchev–Trinajstić information content (AvgIpc) is 2.49. The van der Waals surface area contributed by atoms with Gasteiger partial charge in [0.2, 0.25) is 5.90 Å². The molecule has 22 heavy (non-hydrogen) atoms. The van der Waals surface area contributed by atoms with Crippen LogP contribution in [0.5, 0.6) is 0 Å². The Morgan fingerprint density at radius 3 is 2.50 bits per heavy atom. The van der Waals surface area contributed by atoms with Gasteiger partial charge in [-0.3, -0.25) is 0 Å². The van der Waals surface area contributed by atoms with Crippen LogP contribution in [0.25, 0.3) is 0 Å². The van der Waals surface area contributed by atoms with Crippen molar-refractivity contribution in [3.63, 3.8) is 0 Å². The molecule has 0 amide bonds. The monoisotopic (exact) mass is 347 g/mol. The fraction of sp³-hybridized carbons (Fsp3) is 0.500. The average molecular weight is 348 g/mol. The van der Waals surface area contributed by atoms with Crippen LogP contribution in [0.3, 0.4) is 0 Å². The lowest BCUT2D eigenvalue weighted by Crippen LogP contribution is -2.61. The van der Waals surface area contributed by atoms with Crippen LogP contribution in [0.4, 0.5) is 0 Å². The Balaban J connectivity index is 1.85. The molecule has 2 aliphatic rings. The quantitative estimate of drug-likeness (QED) is 0.840. The van der Waals surface area contributed by atoms with Gasteiger partial charge in [0.15, 0.2) is 12.4 Å². The van der Waals surface area contributed by atoms with Crippen molar-refractivity contribution in [2.75, 3.05) is 13.7 Å². The van der Waals surface area contributed by atoms with Gasteiger partial charge in [-0.2, -0.15) is 0 Å². The summed E-state index contributed by atoms with van der Waals surface area (Å²) in [6, 6.07) is 4.93. The molecule has 2 N–H and O–H groups in total. The van der Waals surface area contributed by atoms with E-state index in [9.17, 15) is 10.2 Å². The molecule has 5 atom stereocenters. The maximum Gasteiger partial charge on any atom is 0.216 e. The van der Waals surface area contributed by atoms with Crippen molar-refractivity contribution in [1.29, 1.82) is 0 Å². The van der Waals surface area contributed by atoms with Gasteiger partial charge in [-0.25, -0.2) is 4.99 Å². The van der Waals surface area contributed by atoms with E-state index in [1.54, 1.807) is 18.2 Å². The normalized spacial score (nSPS) is 34.6. The van der Waals surface area contributed by atoms with Crippen LogP contribution < -0.4 is 0 Å². The van der Waals surface area contributed by atoms with E-state index < -0.39 is 30.7 Å². The maximum absolute atomic E-state index is 10.2. The molecule has 1 fully saturated rings. The third kappa shape index (κ3) is 2.95. The Morgan fingerprint density at radius 2 is 1.86 bits per heavy atom. The third-order valence-electron chi connectivity index (χ3n) is 3.65. The molecule has 120 valence electrons. The molecule has 1 saturated heterocycles. The molecule has 2 aliphatic heterocycles. The zero-order valence-corrected chi connectivity index (χ0v) is 13.2. The molecule has 2 heterocycles. The largest absolute Gasteiger partial charge is 0.468 e. The van der Waals surface area contributed by atoms with Gasteiger partial charge < -0.3 is 24.4 Å². The van der Waals surface area contributed by atoms with Crippen molar-refractivity contribution >= 4 is 29.1 Å². The lowest BCUT2D eigenvalue weighted by atomic mass is 9.97. The molecule has 0 aliphatic carbocycles. The van der Waals surface area contributed by atoms with Crippen molar-refractivity contribution in [1.82, 2.24) is 0 Å². The number of rotatable bonds is 2. The Morgan fingerprint density at radius 1 is 1.18 bits per heavy atom. The predicted molar refractivity (Wildman–Crippen MR) is 80.4 cm³/mol. The Kier molecular flexibility index (Phi) is 4.59. The minimum absolute atomic E-state index is 0.272. The summed E-state index contributed by atoms with van der Waals surface area (Å²) in [5.74, 6) is 0.302. The maximum atomic E-state index is 10.2. The lowest BCUT2D eigenvalue weighted by Gasteiger charge is -2.43. The fourth-order valence-corrected chi connectivity index (χ4v) is 3.09. The van der Waals surface area contributed by atoms with Gasteiger partial charge in [-0.15, -0.1) is 0 Å². The number of hydrogen-bond donors (Lipinski definition) is 2. The number of aliphatic hydroxyl groups is 2. The smallest absolute Gasteiger partial charge is 0.216 e. The van der Waals surface area contributed by atoms with E-state index in [4.69, 9.17) is 37.4 Å². The van der Waals surface area contributed by atoms with Gasteiger partial charge >= 0.3 is 0 Å². The van der Waals surface area contributed by atoms with Gasteiger partial charge in [-0.1, -0.05) is 23.2 Å². The molecule has 0 saturated carbocycles. The van der Waals surface area contributed by atoms with Crippen LogP contribution in [-0.4, -0.2) is 60.5 Å². The standard InChI is InChI=1S/C14H15Cl2NO5/c1-20-14-11(19)10(18)12-9(21-14)5-17-13(22-12)6-2-7(15)4-8(16)3-6/h2-4,9-12,14,18-19H,5H2,1H3/t9-,10-,11-,12+,14+/m1/s1. The first-order valence-electron chi connectivity index (χ1n) is 6.71. The SMILES string of the molecule is CO[C@H]1O[C@@H]2CN=C(c3cc(Cl)cc(Cl)c3)O[C@@H]2[C@H](O)[C@H]1O. The molecule has 8 heteroatoms. The first kappa shape index (κ1) is 16.0. The third-order valence-corrected chi connectivity index (χ3v) is 4.08. The molecule has 0 radical (unpaired) electrons. The Labute approximate surface area is 137 Å². The number of aliphatic imine (C=N–C) groups is 1. The molecule has 1 aromatic rings. The number of hydrogen-bond acceptors (Lipinski definition) is 6. The predicted octanol–water partition coefficient (Wildman–Crippen LogP) is 1.23. The molecule has 3 rings (SSSR count). The summed E-state index contributed by atoms with van der Waals surface area (Å²) in [6.45, 7) is 0.272. The summed E-state index contributed by atoms with van der Waals surface area (Å²) in [7, 11) is 1.40. The van der Waals surface area contributed by atoms with E-state index in [-0.39, 0.29) is 6.54 Å². The van der Waals surface area contributed by atoms with Crippen LogP contribution in [0.1, 0.15) is 5.56 Å². The van der Waals surface area contributed by atoms with Crippen molar-refractivity contribution in [2.45, 2.75) is 30.7 Å². The number of benzene rings is 1. The molecule has 0 unspecified atom stereocenters. The van der Waals surface area contributed by atoms with Crippen LogP contribution in [-0.2, 0) is 14.2 Å². The minimum Gasteiger partial charge on any atom is -0.468 e. The van der Waals surface area contributed by atoms with E-state index in [1.165, 1.54) is 7.11 Å². The number of methoxy groups -OCH3 is 1. The highest BCUT2D eigenvalue weighted by molar-refractivity contribution is 6.35. The van der Waals surface area contributed by atoms with Gasteiger partial charge in [-0.05, 0) is 18.2 Å². The Bertz CT molecular complexity index is 576. The highest BCUT2D eigenvalue weighted by Crippen LogP contribution is 2.29. The molecular weight excluding hydrogens is 333 g/mol. The summed E-state index contributed by atoms with van der Waals surface area (Å²) in [6.07, 6.45) is -4.50. The summed E-state index contributed by atoms with van der Waals surface area (Å²) in [5.41, 5.74) is 0.603. The lowest BCUT2D eigenvalue weighted by molar-refractivity contribution is -0.287. The highest BCUT2D eigenvalue weighted by Gasteiger charge is 2.48. The van der Waals surface area contributed by atoms with Crippen LogP contribution in [0.15, 0.2) is 23.2 Å².